The number of aliphatic hydroxyl groups excluding tert-OH is 1. The highest BCUT2D eigenvalue weighted by atomic mass is 16.3. The van der Waals surface area contributed by atoms with Crippen molar-refractivity contribution in [1.29, 1.82) is 0 Å². The summed E-state index contributed by atoms with van der Waals surface area (Å²) < 4.78 is 1.93. The zero-order valence-corrected chi connectivity index (χ0v) is 11.9. The molecular formula is C15H18N4O2. The fourth-order valence-electron chi connectivity index (χ4n) is 2.41. The Morgan fingerprint density at radius 2 is 2.29 bits per heavy atom. The van der Waals surface area contributed by atoms with E-state index >= 15 is 0 Å². The number of hydrogen-bond acceptors (Lipinski definition) is 4. The molecule has 1 aliphatic rings. The van der Waals surface area contributed by atoms with Gasteiger partial charge in [0.2, 0.25) is 0 Å². The molecule has 0 radical (unpaired) electrons. The van der Waals surface area contributed by atoms with Crippen LogP contribution >= 0.6 is 0 Å². The first-order valence-electron chi connectivity index (χ1n) is 7.03. The van der Waals surface area contributed by atoms with Gasteiger partial charge in [-0.25, -0.2) is 4.98 Å². The number of pyridine rings is 1. The number of aliphatic hydroxyl groups is 1. The van der Waals surface area contributed by atoms with Gasteiger partial charge in [-0.3, -0.25) is 9.78 Å². The molecule has 0 aromatic carbocycles. The molecule has 1 fully saturated rings. The lowest BCUT2D eigenvalue weighted by atomic mass is 10.1. The highest BCUT2D eigenvalue weighted by Gasteiger charge is 2.36. The summed E-state index contributed by atoms with van der Waals surface area (Å²) in [4.78, 5) is 20.8. The fraction of sp³-hybridized carbons (Fsp3) is 0.400. The molecule has 1 aliphatic carbocycles. The van der Waals surface area contributed by atoms with Gasteiger partial charge >= 0.3 is 0 Å². The van der Waals surface area contributed by atoms with Crippen LogP contribution in [0.25, 0.3) is 0 Å². The zero-order valence-electron chi connectivity index (χ0n) is 11.9. The number of nitrogens with one attached hydrogen (secondary N) is 1. The molecule has 21 heavy (non-hydrogen) atoms. The van der Waals surface area contributed by atoms with E-state index in [1.807, 2.05) is 17.8 Å². The molecule has 3 rings (SSSR count). The highest BCUT2D eigenvalue weighted by Crippen LogP contribution is 2.40. The van der Waals surface area contributed by atoms with Crippen molar-refractivity contribution in [1.82, 2.24) is 19.9 Å². The van der Waals surface area contributed by atoms with Crippen LogP contribution in [0.4, 0.5) is 0 Å². The molecule has 2 aromatic heterocycles. The van der Waals surface area contributed by atoms with Gasteiger partial charge in [-0.2, -0.15) is 0 Å². The van der Waals surface area contributed by atoms with Gasteiger partial charge in [-0.1, -0.05) is 0 Å². The van der Waals surface area contributed by atoms with Crippen LogP contribution in [-0.4, -0.2) is 25.5 Å². The summed E-state index contributed by atoms with van der Waals surface area (Å²) in [6.45, 7) is -0.103. The first kappa shape index (κ1) is 13.8. The van der Waals surface area contributed by atoms with Gasteiger partial charge in [0.05, 0.1) is 12.6 Å². The number of nitrogens with zero attached hydrogens (tertiary/aromatic N) is 3. The van der Waals surface area contributed by atoms with Crippen LogP contribution in [0.5, 0.6) is 0 Å². The Morgan fingerprint density at radius 1 is 1.48 bits per heavy atom. The molecule has 2 aromatic rings. The fourth-order valence-corrected chi connectivity index (χ4v) is 2.41. The molecule has 0 saturated heterocycles. The van der Waals surface area contributed by atoms with Gasteiger partial charge in [-0.05, 0) is 36.5 Å². The van der Waals surface area contributed by atoms with Gasteiger partial charge in [0.25, 0.3) is 5.91 Å². The summed E-state index contributed by atoms with van der Waals surface area (Å²) in [5.41, 5.74) is 0.997. The van der Waals surface area contributed by atoms with Gasteiger partial charge in [0.15, 0.2) is 0 Å². The molecule has 1 atom stereocenters. The molecule has 0 spiro atoms. The average molecular weight is 286 g/mol. The van der Waals surface area contributed by atoms with Gasteiger partial charge in [-0.15, -0.1) is 0 Å². The Morgan fingerprint density at radius 3 is 2.90 bits per heavy atom. The number of carbonyl (C=O) groups excluding carboxylic acids is 1. The lowest BCUT2D eigenvalue weighted by Gasteiger charge is -2.18. The number of aryl methyl sites for hydroxylation is 1. The van der Waals surface area contributed by atoms with Crippen LogP contribution in [0.2, 0.25) is 0 Å². The normalized spacial score (nSPS) is 15.7. The predicted molar refractivity (Wildman–Crippen MR) is 76.3 cm³/mol. The van der Waals surface area contributed by atoms with Crippen molar-refractivity contribution < 1.29 is 9.90 Å². The van der Waals surface area contributed by atoms with E-state index in [0.717, 1.165) is 18.7 Å². The lowest BCUT2D eigenvalue weighted by molar-refractivity contribution is 0.0923. The Hall–Kier alpha value is -2.21. The zero-order chi connectivity index (χ0) is 14.8. The second-order valence-corrected chi connectivity index (χ2v) is 5.39. The summed E-state index contributed by atoms with van der Waals surface area (Å²) >= 11 is 0. The first-order valence-corrected chi connectivity index (χ1v) is 7.03. The third-order valence-electron chi connectivity index (χ3n) is 3.76. The van der Waals surface area contributed by atoms with E-state index in [1.54, 1.807) is 18.3 Å². The smallest absolute Gasteiger partial charge is 0.270 e. The van der Waals surface area contributed by atoms with Crippen LogP contribution in [0.1, 0.15) is 40.8 Å². The van der Waals surface area contributed by atoms with Crippen LogP contribution in [0.3, 0.4) is 0 Å². The minimum Gasteiger partial charge on any atom is -0.392 e. The summed E-state index contributed by atoms with van der Waals surface area (Å²) in [7, 11) is 1.93. The van der Waals surface area contributed by atoms with Crippen molar-refractivity contribution in [2.45, 2.75) is 25.5 Å². The van der Waals surface area contributed by atoms with Crippen molar-refractivity contribution in [3.05, 3.63) is 47.8 Å². The lowest BCUT2D eigenvalue weighted by Crippen LogP contribution is -2.32. The molecule has 1 saturated carbocycles. The molecule has 0 aliphatic heterocycles. The number of carbonyl (C=O) groups is 1. The molecule has 0 bridgehead atoms. The van der Waals surface area contributed by atoms with E-state index in [4.69, 9.17) is 5.11 Å². The van der Waals surface area contributed by atoms with E-state index in [-0.39, 0.29) is 18.6 Å². The summed E-state index contributed by atoms with van der Waals surface area (Å²) in [5, 5.41) is 12.2. The Bertz CT molecular complexity index is 649. The van der Waals surface area contributed by atoms with Crippen LogP contribution in [0, 0.1) is 5.92 Å². The number of rotatable bonds is 5. The minimum absolute atomic E-state index is 0.0860. The number of hydrogen-bond donors (Lipinski definition) is 2. The largest absolute Gasteiger partial charge is 0.392 e. The molecule has 6 heteroatoms. The molecule has 110 valence electrons. The van der Waals surface area contributed by atoms with Gasteiger partial charge in [0, 0.05) is 25.6 Å². The van der Waals surface area contributed by atoms with Crippen LogP contribution in [0.15, 0.2) is 30.7 Å². The molecule has 0 unspecified atom stereocenters. The second-order valence-electron chi connectivity index (χ2n) is 5.39. The highest BCUT2D eigenvalue weighted by molar-refractivity contribution is 5.92. The molecular weight excluding hydrogens is 268 g/mol. The van der Waals surface area contributed by atoms with E-state index in [0.29, 0.717) is 17.2 Å². The monoisotopic (exact) mass is 286 g/mol. The van der Waals surface area contributed by atoms with E-state index in [9.17, 15) is 4.79 Å². The van der Waals surface area contributed by atoms with E-state index < -0.39 is 0 Å². The van der Waals surface area contributed by atoms with Gasteiger partial charge in [0.1, 0.15) is 11.5 Å². The topological polar surface area (TPSA) is 80.0 Å². The van der Waals surface area contributed by atoms with Gasteiger partial charge < -0.3 is 15.0 Å². The minimum atomic E-state index is -0.231. The second kappa shape index (κ2) is 5.65. The molecule has 1 amide bonds. The maximum Gasteiger partial charge on any atom is 0.270 e. The van der Waals surface area contributed by atoms with Crippen molar-refractivity contribution in [2.24, 2.45) is 13.0 Å². The standard InChI is InChI=1S/C15H18N4O2/c1-19-7-6-17-14(19)13(11-2-3-11)18-15(21)12-8-10(9-20)4-5-16-12/h4-8,11,13,20H,2-3,9H2,1H3,(H,18,21)/t13-/m0/s1. The Balaban J connectivity index is 1.79. The predicted octanol–water partition coefficient (Wildman–Crippen LogP) is 1.19. The maximum atomic E-state index is 12.4. The molecule has 2 heterocycles. The molecule has 2 N–H and O–H groups in total. The maximum absolute atomic E-state index is 12.4. The first-order chi connectivity index (χ1) is 10.2. The number of amides is 1. The third kappa shape index (κ3) is 2.95. The number of imidazole rings is 1. The number of aromatic nitrogens is 3. The summed E-state index contributed by atoms with van der Waals surface area (Å²) in [6, 6.07) is 3.21. The average Bonchev–Trinajstić information content (AvgIpc) is 3.26. The van der Waals surface area contributed by atoms with Crippen molar-refractivity contribution in [3.8, 4) is 0 Å². The Labute approximate surface area is 122 Å². The van der Waals surface area contributed by atoms with E-state index in [1.165, 1.54) is 6.20 Å². The van der Waals surface area contributed by atoms with Crippen molar-refractivity contribution in [3.63, 3.8) is 0 Å². The van der Waals surface area contributed by atoms with Crippen molar-refractivity contribution >= 4 is 5.91 Å². The summed E-state index contributed by atoms with van der Waals surface area (Å²) in [6.07, 6.45) is 7.35. The Kier molecular flexibility index (Phi) is 3.70. The van der Waals surface area contributed by atoms with E-state index in [2.05, 4.69) is 15.3 Å². The van der Waals surface area contributed by atoms with Crippen LogP contribution < -0.4 is 5.32 Å². The van der Waals surface area contributed by atoms with Crippen LogP contribution in [-0.2, 0) is 13.7 Å². The third-order valence-corrected chi connectivity index (χ3v) is 3.76. The summed E-state index contributed by atoms with van der Waals surface area (Å²) in [5.74, 6) is 1.07. The van der Waals surface area contributed by atoms with Crippen molar-refractivity contribution in [2.75, 3.05) is 0 Å². The molecule has 6 nitrogen and oxygen atoms in total. The quantitative estimate of drug-likeness (QED) is 0.865. The SMILES string of the molecule is Cn1ccnc1[C@@H](NC(=O)c1cc(CO)ccn1)C1CC1.